The number of hydrogen-bond donors (Lipinski definition) is 0. The zero-order valence-corrected chi connectivity index (χ0v) is 18.5. The van der Waals surface area contributed by atoms with E-state index in [1.807, 2.05) is 59.8 Å². The van der Waals surface area contributed by atoms with Crippen LogP contribution in [0.1, 0.15) is 40.2 Å². The van der Waals surface area contributed by atoms with E-state index in [2.05, 4.69) is 6.58 Å². The van der Waals surface area contributed by atoms with E-state index in [0.29, 0.717) is 18.0 Å². The molecule has 5 nitrogen and oxygen atoms in total. The lowest BCUT2D eigenvalue weighted by atomic mass is 9.74. The summed E-state index contributed by atoms with van der Waals surface area (Å²) in [5, 5.41) is 0. The van der Waals surface area contributed by atoms with Crippen LogP contribution in [0.5, 0.6) is 0 Å². The number of rotatable bonds is 4. The van der Waals surface area contributed by atoms with Gasteiger partial charge in [-0.15, -0.1) is 6.58 Å². The van der Waals surface area contributed by atoms with Gasteiger partial charge in [-0.3, -0.25) is 0 Å². The topological polar surface area (TPSA) is 55.8 Å². The molecule has 0 radical (unpaired) electrons. The van der Waals surface area contributed by atoms with Gasteiger partial charge in [0.1, 0.15) is 0 Å². The molecule has 0 spiro atoms. The predicted octanol–water partition coefficient (Wildman–Crippen LogP) is 3.75. The molecule has 1 unspecified atom stereocenters. The largest absolute Gasteiger partial charge is 0.490 e. The van der Waals surface area contributed by atoms with Gasteiger partial charge in [-0.1, -0.05) is 29.3 Å². The van der Waals surface area contributed by atoms with Crippen molar-refractivity contribution in [3.05, 3.63) is 53.5 Å². The quantitative estimate of drug-likeness (QED) is 0.568. The van der Waals surface area contributed by atoms with Crippen LogP contribution in [0.3, 0.4) is 0 Å². The highest BCUT2D eigenvalue weighted by Crippen LogP contribution is 2.40. The molecule has 2 aliphatic heterocycles. The Morgan fingerprint density at radius 1 is 1.18 bits per heavy atom. The van der Waals surface area contributed by atoms with Crippen LogP contribution in [-0.4, -0.2) is 44.1 Å². The highest BCUT2D eigenvalue weighted by atomic mass is 32.2. The number of hydrogen-bond acceptors (Lipinski definition) is 4. The third-order valence-electron chi connectivity index (χ3n) is 6.25. The third kappa shape index (κ3) is 3.61. The molecule has 1 atom stereocenters. The normalized spacial score (nSPS) is 26.5. The molecule has 1 aromatic carbocycles. The summed E-state index contributed by atoms with van der Waals surface area (Å²) >= 11 is 0. The van der Waals surface area contributed by atoms with Gasteiger partial charge in [-0.25, -0.2) is 8.42 Å². The fraction of sp³-hybridized carbons (Fsp3) is 0.524. The zero-order valence-electron chi connectivity index (χ0n) is 17.7. The van der Waals surface area contributed by atoms with Gasteiger partial charge in [0.05, 0.1) is 16.1 Å². The number of aryl methyl sites for hydroxylation is 1. The SMILES string of the molecule is C=CC1CN(S(=O)(=O)c2ccc(C)cc2)C/C1=C(\C)B1OC(C)(C)C(C)(C)O1. The standard InChI is InChI=1S/C21H30BNO4S/c1-8-17-13-23(28(24,25)18-11-9-15(2)10-12-18)14-19(17)16(3)22-26-20(4,5)21(6,7)27-22/h8-12,17H,1,13-14H2,2-7H3/b19-16-. The summed E-state index contributed by atoms with van der Waals surface area (Å²) in [6, 6.07) is 6.97. The first-order valence-electron chi connectivity index (χ1n) is 9.63. The van der Waals surface area contributed by atoms with Crippen molar-refractivity contribution in [3.63, 3.8) is 0 Å². The van der Waals surface area contributed by atoms with Crippen LogP contribution in [0, 0.1) is 12.8 Å². The van der Waals surface area contributed by atoms with Crippen LogP contribution >= 0.6 is 0 Å². The first-order chi connectivity index (χ1) is 12.9. The Balaban J connectivity index is 1.91. The summed E-state index contributed by atoms with van der Waals surface area (Å²) in [6.45, 7) is 16.6. The van der Waals surface area contributed by atoms with E-state index in [0.717, 1.165) is 16.6 Å². The molecule has 0 bridgehead atoms. The van der Waals surface area contributed by atoms with E-state index in [9.17, 15) is 8.42 Å². The maximum atomic E-state index is 13.1. The molecule has 0 saturated carbocycles. The summed E-state index contributed by atoms with van der Waals surface area (Å²) in [6.07, 6.45) is 1.81. The van der Waals surface area contributed by atoms with Crippen molar-refractivity contribution >= 4 is 17.1 Å². The monoisotopic (exact) mass is 403 g/mol. The third-order valence-corrected chi connectivity index (χ3v) is 8.08. The van der Waals surface area contributed by atoms with E-state index in [1.165, 1.54) is 4.31 Å². The van der Waals surface area contributed by atoms with Gasteiger partial charge in [0.2, 0.25) is 10.0 Å². The molecule has 0 N–H and O–H groups in total. The van der Waals surface area contributed by atoms with Crippen LogP contribution in [0.15, 0.2) is 52.9 Å². The van der Waals surface area contributed by atoms with Gasteiger partial charge in [-0.2, -0.15) is 4.31 Å². The smallest absolute Gasteiger partial charge is 0.400 e. The van der Waals surface area contributed by atoms with Gasteiger partial charge in [-0.05, 0) is 59.1 Å². The van der Waals surface area contributed by atoms with Crippen LogP contribution in [0.2, 0.25) is 0 Å². The maximum Gasteiger partial charge on any atom is 0.490 e. The lowest BCUT2D eigenvalue weighted by Gasteiger charge is -2.32. The fourth-order valence-corrected chi connectivity index (χ4v) is 4.99. The van der Waals surface area contributed by atoms with E-state index < -0.39 is 28.3 Å². The minimum absolute atomic E-state index is 0.0563. The Morgan fingerprint density at radius 3 is 2.21 bits per heavy atom. The lowest BCUT2D eigenvalue weighted by Crippen LogP contribution is -2.41. The molecule has 3 rings (SSSR count). The molecular formula is C21H30BNO4S. The molecule has 0 aliphatic carbocycles. The second kappa shape index (κ2) is 7.13. The summed E-state index contributed by atoms with van der Waals surface area (Å²) in [5.74, 6) is -0.0563. The van der Waals surface area contributed by atoms with Crippen LogP contribution < -0.4 is 0 Å². The maximum absolute atomic E-state index is 13.1. The molecule has 2 saturated heterocycles. The van der Waals surface area contributed by atoms with Gasteiger partial charge in [0.15, 0.2) is 0 Å². The zero-order chi connectivity index (χ0) is 20.9. The van der Waals surface area contributed by atoms with Crippen LogP contribution in [-0.2, 0) is 19.3 Å². The van der Waals surface area contributed by atoms with E-state index in [4.69, 9.17) is 9.31 Å². The first-order valence-corrected chi connectivity index (χ1v) is 11.1. The fourth-order valence-electron chi connectivity index (χ4n) is 3.55. The molecule has 28 heavy (non-hydrogen) atoms. The Bertz CT molecular complexity index is 887. The summed E-state index contributed by atoms with van der Waals surface area (Å²) in [5.41, 5.74) is 2.10. The second-order valence-electron chi connectivity index (χ2n) is 8.75. The molecule has 1 aromatic rings. The van der Waals surface area contributed by atoms with Crippen molar-refractivity contribution < 1.29 is 17.7 Å². The molecular weight excluding hydrogens is 373 g/mol. The minimum atomic E-state index is -3.56. The highest BCUT2D eigenvalue weighted by molar-refractivity contribution is 7.89. The number of sulfonamides is 1. The second-order valence-corrected chi connectivity index (χ2v) is 10.7. The van der Waals surface area contributed by atoms with Gasteiger partial charge in [0, 0.05) is 19.0 Å². The Morgan fingerprint density at radius 2 is 1.71 bits per heavy atom. The average Bonchev–Trinajstić information content (AvgIpc) is 3.13. The summed E-state index contributed by atoms with van der Waals surface area (Å²) in [4.78, 5) is 0.315. The van der Waals surface area contributed by atoms with Crippen LogP contribution in [0.25, 0.3) is 0 Å². The average molecular weight is 403 g/mol. The molecule has 7 heteroatoms. The van der Waals surface area contributed by atoms with E-state index in [-0.39, 0.29) is 5.92 Å². The molecule has 152 valence electrons. The molecule has 0 aromatic heterocycles. The van der Waals surface area contributed by atoms with Gasteiger partial charge < -0.3 is 9.31 Å². The number of nitrogens with zero attached hydrogens (tertiary/aromatic N) is 1. The minimum Gasteiger partial charge on any atom is -0.400 e. The summed E-state index contributed by atoms with van der Waals surface area (Å²) in [7, 11) is -4.05. The lowest BCUT2D eigenvalue weighted by molar-refractivity contribution is 0.00578. The highest BCUT2D eigenvalue weighted by Gasteiger charge is 2.52. The summed E-state index contributed by atoms with van der Waals surface area (Å²) < 4.78 is 40.1. The Labute approximate surface area is 169 Å². The molecule has 2 heterocycles. The van der Waals surface area contributed by atoms with Crippen molar-refractivity contribution in [2.45, 2.75) is 57.6 Å². The predicted molar refractivity (Wildman–Crippen MR) is 112 cm³/mol. The Kier molecular flexibility index (Phi) is 5.43. The van der Waals surface area contributed by atoms with Crippen molar-refractivity contribution in [1.82, 2.24) is 4.31 Å². The Hall–Kier alpha value is -1.41. The molecule has 0 amide bonds. The van der Waals surface area contributed by atoms with Crippen molar-refractivity contribution in [3.8, 4) is 0 Å². The first kappa shape index (κ1) is 21.3. The number of benzene rings is 1. The van der Waals surface area contributed by atoms with Crippen molar-refractivity contribution in [1.29, 1.82) is 0 Å². The van der Waals surface area contributed by atoms with E-state index >= 15 is 0 Å². The van der Waals surface area contributed by atoms with E-state index in [1.54, 1.807) is 12.1 Å². The number of allylic oxidation sites excluding steroid dienone is 1. The molecule has 2 aliphatic rings. The molecule has 2 fully saturated rings. The van der Waals surface area contributed by atoms with Crippen molar-refractivity contribution in [2.75, 3.05) is 13.1 Å². The van der Waals surface area contributed by atoms with Crippen LogP contribution in [0.4, 0.5) is 0 Å². The van der Waals surface area contributed by atoms with Crippen molar-refractivity contribution in [2.24, 2.45) is 5.92 Å². The van der Waals surface area contributed by atoms with Gasteiger partial charge >= 0.3 is 7.12 Å². The van der Waals surface area contributed by atoms with Gasteiger partial charge in [0.25, 0.3) is 0 Å².